The van der Waals surface area contributed by atoms with E-state index in [2.05, 4.69) is 12.1 Å². The first kappa shape index (κ1) is 17.6. The summed E-state index contributed by atoms with van der Waals surface area (Å²) in [5.74, 6) is 0.957. The predicted molar refractivity (Wildman–Crippen MR) is 97.5 cm³/mol. The van der Waals surface area contributed by atoms with Gasteiger partial charge in [-0.3, -0.25) is 4.79 Å². The Labute approximate surface area is 148 Å². The summed E-state index contributed by atoms with van der Waals surface area (Å²) >= 11 is 0. The second-order valence-electron chi connectivity index (χ2n) is 6.08. The van der Waals surface area contributed by atoms with Crippen molar-refractivity contribution in [2.75, 3.05) is 33.0 Å². The molecule has 4 nitrogen and oxygen atoms in total. The van der Waals surface area contributed by atoms with Crippen LogP contribution in [-0.4, -0.2) is 38.8 Å². The van der Waals surface area contributed by atoms with Crippen molar-refractivity contribution < 1.29 is 19.0 Å². The van der Waals surface area contributed by atoms with Gasteiger partial charge < -0.3 is 14.2 Å². The van der Waals surface area contributed by atoms with Crippen molar-refractivity contribution in [2.45, 2.75) is 20.3 Å². The first-order valence-electron chi connectivity index (χ1n) is 8.74. The van der Waals surface area contributed by atoms with Crippen LogP contribution in [0.1, 0.15) is 35.3 Å². The summed E-state index contributed by atoms with van der Waals surface area (Å²) in [6, 6.07) is 12.1. The van der Waals surface area contributed by atoms with Crippen LogP contribution in [0.25, 0.3) is 11.1 Å². The maximum Gasteiger partial charge on any atom is 0.159 e. The average molecular weight is 340 g/mol. The van der Waals surface area contributed by atoms with E-state index in [1.165, 1.54) is 22.3 Å². The highest BCUT2D eigenvalue weighted by molar-refractivity contribution is 5.95. The maximum atomic E-state index is 11.6. The predicted octanol–water partition coefficient (Wildman–Crippen LogP) is 3.89. The lowest BCUT2D eigenvalue weighted by molar-refractivity contribution is 0.0405. The van der Waals surface area contributed by atoms with Gasteiger partial charge in [-0.15, -0.1) is 0 Å². The van der Waals surface area contributed by atoms with Crippen LogP contribution in [0.5, 0.6) is 5.75 Å². The summed E-state index contributed by atoms with van der Waals surface area (Å²) in [5, 5.41) is 0. The molecule has 3 rings (SSSR count). The van der Waals surface area contributed by atoms with E-state index in [-0.39, 0.29) is 5.78 Å². The van der Waals surface area contributed by atoms with Gasteiger partial charge in [-0.05, 0) is 60.7 Å². The molecule has 132 valence electrons. The topological polar surface area (TPSA) is 44.8 Å². The highest BCUT2D eigenvalue weighted by atomic mass is 16.5. The number of hydrogen-bond acceptors (Lipinski definition) is 4. The van der Waals surface area contributed by atoms with E-state index in [9.17, 15) is 4.79 Å². The number of carbonyl (C=O) groups excluding carboxylic acids is 1. The monoisotopic (exact) mass is 340 g/mol. The molecule has 0 N–H and O–H groups in total. The lowest BCUT2D eigenvalue weighted by atomic mass is 10.0. The second kappa shape index (κ2) is 8.28. The molecule has 1 aliphatic rings. The van der Waals surface area contributed by atoms with Crippen molar-refractivity contribution in [3.8, 4) is 16.9 Å². The fourth-order valence-electron chi connectivity index (χ4n) is 3.08. The number of fused-ring (bicyclic) bond motifs is 3. The minimum atomic E-state index is 0.104. The quantitative estimate of drug-likeness (QED) is 0.438. The van der Waals surface area contributed by atoms with Crippen molar-refractivity contribution >= 4 is 5.78 Å². The third-order valence-corrected chi connectivity index (χ3v) is 4.33. The highest BCUT2D eigenvalue weighted by Gasteiger charge is 2.19. The molecule has 2 aromatic carbocycles. The first-order valence-corrected chi connectivity index (χ1v) is 8.74. The molecule has 1 aliphatic carbocycles. The van der Waals surface area contributed by atoms with E-state index in [1.54, 1.807) is 6.92 Å². The lowest BCUT2D eigenvalue weighted by Crippen LogP contribution is -2.10. The average Bonchev–Trinajstić information content (AvgIpc) is 2.97. The minimum Gasteiger partial charge on any atom is -0.491 e. The Bertz CT molecular complexity index is 752. The minimum absolute atomic E-state index is 0.104. The Morgan fingerprint density at radius 2 is 1.60 bits per heavy atom. The van der Waals surface area contributed by atoms with Gasteiger partial charge in [-0.1, -0.05) is 18.2 Å². The first-order chi connectivity index (χ1) is 12.2. The van der Waals surface area contributed by atoms with Gasteiger partial charge in [0.25, 0.3) is 0 Å². The van der Waals surface area contributed by atoms with Crippen LogP contribution in [0.15, 0.2) is 36.4 Å². The van der Waals surface area contributed by atoms with E-state index in [0.29, 0.717) is 33.0 Å². The Hall–Kier alpha value is -2.17. The van der Waals surface area contributed by atoms with E-state index < -0.39 is 0 Å². The SMILES string of the molecule is CCOCCOCCOc1ccc2c(c1)Cc1cc(C(C)=O)ccc1-2. The van der Waals surface area contributed by atoms with Gasteiger partial charge in [0.05, 0.1) is 19.8 Å². The van der Waals surface area contributed by atoms with Crippen molar-refractivity contribution in [3.05, 3.63) is 53.1 Å². The van der Waals surface area contributed by atoms with Crippen LogP contribution in [0.2, 0.25) is 0 Å². The zero-order valence-corrected chi connectivity index (χ0v) is 14.8. The van der Waals surface area contributed by atoms with E-state index in [0.717, 1.165) is 17.7 Å². The Morgan fingerprint density at radius 1 is 0.920 bits per heavy atom. The largest absolute Gasteiger partial charge is 0.491 e. The summed E-state index contributed by atoms with van der Waals surface area (Å²) in [6.45, 7) is 6.57. The molecule has 0 heterocycles. The summed E-state index contributed by atoms with van der Waals surface area (Å²) in [7, 11) is 0. The Morgan fingerprint density at radius 3 is 2.36 bits per heavy atom. The molecule has 4 heteroatoms. The number of ether oxygens (including phenoxy) is 3. The molecule has 0 aliphatic heterocycles. The van der Waals surface area contributed by atoms with E-state index >= 15 is 0 Å². The molecule has 0 radical (unpaired) electrons. The number of benzene rings is 2. The van der Waals surface area contributed by atoms with Gasteiger partial charge >= 0.3 is 0 Å². The molecule has 25 heavy (non-hydrogen) atoms. The molecule has 2 aromatic rings. The third-order valence-electron chi connectivity index (χ3n) is 4.33. The molecular formula is C21H24O4. The summed E-state index contributed by atoms with van der Waals surface area (Å²) < 4.78 is 16.4. The van der Waals surface area contributed by atoms with Gasteiger partial charge in [0.15, 0.2) is 5.78 Å². The second-order valence-corrected chi connectivity index (χ2v) is 6.08. The molecule has 0 atom stereocenters. The standard InChI is InChI=1S/C21H24O4/c1-3-23-8-9-24-10-11-25-19-5-7-21-18(14-19)13-17-12-16(15(2)22)4-6-20(17)21/h4-7,12,14H,3,8-11,13H2,1-2H3. The van der Waals surface area contributed by atoms with Gasteiger partial charge in [0.1, 0.15) is 12.4 Å². The lowest BCUT2D eigenvalue weighted by Gasteiger charge is -2.09. The maximum absolute atomic E-state index is 11.6. The van der Waals surface area contributed by atoms with Crippen LogP contribution in [-0.2, 0) is 15.9 Å². The summed E-state index contributed by atoms with van der Waals surface area (Å²) in [4.78, 5) is 11.6. The summed E-state index contributed by atoms with van der Waals surface area (Å²) in [5.41, 5.74) is 5.66. The van der Waals surface area contributed by atoms with Crippen molar-refractivity contribution in [3.63, 3.8) is 0 Å². The van der Waals surface area contributed by atoms with Crippen molar-refractivity contribution in [1.82, 2.24) is 0 Å². The zero-order valence-electron chi connectivity index (χ0n) is 14.8. The van der Waals surface area contributed by atoms with E-state index in [4.69, 9.17) is 14.2 Å². The van der Waals surface area contributed by atoms with Crippen molar-refractivity contribution in [2.24, 2.45) is 0 Å². The number of Topliss-reactive ketones (excluding diaryl/α,β-unsaturated/α-hetero) is 1. The third kappa shape index (κ3) is 4.27. The molecule has 0 unspecified atom stereocenters. The van der Waals surface area contributed by atoms with Crippen LogP contribution in [0.3, 0.4) is 0 Å². The molecule has 0 spiro atoms. The number of carbonyl (C=O) groups is 1. The number of ketones is 1. The van der Waals surface area contributed by atoms with Gasteiger partial charge in [0, 0.05) is 12.2 Å². The van der Waals surface area contributed by atoms with Gasteiger partial charge in [-0.25, -0.2) is 0 Å². The van der Waals surface area contributed by atoms with Gasteiger partial charge in [-0.2, -0.15) is 0 Å². The normalized spacial score (nSPS) is 11.9. The van der Waals surface area contributed by atoms with Crippen LogP contribution >= 0.6 is 0 Å². The van der Waals surface area contributed by atoms with Crippen LogP contribution < -0.4 is 4.74 Å². The van der Waals surface area contributed by atoms with Crippen LogP contribution in [0.4, 0.5) is 0 Å². The molecule has 0 fully saturated rings. The fraction of sp³-hybridized carbons (Fsp3) is 0.381. The fourth-order valence-corrected chi connectivity index (χ4v) is 3.08. The highest BCUT2D eigenvalue weighted by Crippen LogP contribution is 2.38. The molecule has 0 saturated heterocycles. The summed E-state index contributed by atoms with van der Waals surface area (Å²) in [6.07, 6.45) is 0.841. The number of hydrogen-bond donors (Lipinski definition) is 0. The molecular weight excluding hydrogens is 316 g/mol. The van der Waals surface area contributed by atoms with Gasteiger partial charge in [0.2, 0.25) is 0 Å². The zero-order chi connectivity index (χ0) is 17.6. The number of rotatable bonds is 9. The molecule has 0 saturated carbocycles. The molecule has 0 amide bonds. The molecule has 0 bridgehead atoms. The van der Waals surface area contributed by atoms with Crippen LogP contribution in [0, 0.1) is 0 Å². The smallest absolute Gasteiger partial charge is 0.159 e. The Balaban J connectivity index is 1.57. The molecule has 0 aromatic heterocycles. The Kier molecular flexibility index (Phi) is 5.84. The van der Waals surface area contributed by atoms with E-state index in [1.807, 2.05) is 31.2 Å². The van der Waals surface area contributed by atoms with Crippen molar-refractivity contribution in [1.29, 1.82) is 0 Å².